The Kier molecular flexibility index (Phi) is 7.91. The molecular weight excluding hydrogens is 330 g/mol. The summed E-state index contributed by atoms with van der Waals surface area (Å²) in [6.07, 6.45) is 3.14. The van der Waals surface area contributed by atoms with Gasteiger partial charge in [0.1, 0.15) is 0 Å². The summed E-state index contributed by atoms with van der Waals surface area (Å²) >= 11 is 0. The molecule has 1 aliphatic heterocycles. The maximum absolute atomic E-state index is 12.3. The molecule has 6 nitrogen and oxygen atoms in total. The molecule has 0 unspecified atom stereocenters. The van der Waals surface area contributed by atoms with Gasteiger partial charge in [0.2, 0.25) is 0 Å². The van der Waals surface area contributed by atoms with E-state index < -0.39 is 0 Å². The summed E-state index contributed by atoms with van der Waals surface area (Å²) < 4.78 is 5.36. The second kappa shape index (κ2) is 10.2. The van der Waals surface area contributed by atoms with Crippen LogP contribution in [0.4, 0.5) is 10.5 Å². The van der Waals surface area contributed by atoms with E-state index in [0.29, 0.717) is 36.2 Å². The molecule has 6 heteroatoms. The zero-order chi connectivity index (χ0) is 18.9. The van der Waals surface area contributed by atoms with E-state index in [0.717, 1.165) is 38.0 Å². The zero-order valence-electron chi connectivity index (χ0n) is 16.1. The molecule has 3 amide bonds. The first-order chi connectivity index (χ1) is 12.5. The van der Waals surface area contributed by atoms with Crippen LogP contribution >= 0.6 is 0 Å². The van der Waals surface area contributed by atoms with E-state index in [1.807, 2.05) is 13.0 Å². The predicted octanol–water partition coefficient (Wildman–Crippen LogP) is 3.32. The molecule has 3 N–H and O–H groups in total. The molecule has 2 rings (SSSR count). The molecule has 26 heavy (non-hydrogen) atoms. The maximum atomic E-state index is 12.3. The van der Waals surface area contributed by atoms with Crippen molar-refractivity contribution in [1.29, 1.82) is 0 Å². The standard InChI is InChI=1S/C20H31N3O3/c1-14(2)12-22-19(24)17-7-4-8-18(15(17)3)23-20(25)21-10-5-6-16-9-11-26-13-16/h4,7-8,14,16H,5-6,9-13H2,1-3H3,(H,22,24)(H2,21,23,25)/t16-/m1/s1. The molecule has 1 aromatic rings. The first kappa shape index (κ1) is 20.2. The Morgan fingerprint density at radius 1 is 1.27 bits per heavy atom. The van der Waals surface area contributed by atoms with E-state index in [2.05, 4.69) is 29.8 Å². The Morgan fingerprint density at radius 2 is 2.08 bits per heavy atom. The SMILES string of the molecule is Cc1c(NC(=O)NCCC[C@@H]2CCOC2)cccc1C(=O)NCC(C)C. The predicted molar refractivity (Wildman–Crippen MR) is 104 cm³/mol. The summed E-state index contributed by atoms with van der Waals surface area (Å²) in [5.74, 6) is 0.907. The Morgan fingerprint density at radius 3 is 2.77 bits per heavy atom. The third-order valence-electron chi connectivity index (χ3n) is 4.60. The summed E-state index contributed by atoms with van der Waals surface area (Å²) in [4.78, 5) is 24.4. The molecule has 1 atom stereocenters. The molecule has 0 radical (unpaired) electrons. The van der Waals surface area contributed by atoms with Crippen molar-refractivity contribution in [2.24, 2.45) is 11.8 Å². The Hall–Kier alpha value is -2.08. The van der Waals surface area contributed by atoms with Crippen molar-refractivity contribution in [3.63, 3.8) is 0 Å². The van der Waals surface area contributed by atoms with Gasteiger partial charge in [0.15, 0.2) is 0 Å². The number of benzene rings is 1. The normalized spacial score (nSPS) is 16.5. The van der Waals surface area contributed by atoms with Gasteiger partial charge in [-0.2, -0.15) is 0 Å². The fourth-order valence-corrected chi connectivity index (χ4v) is 2.98. The number of rotatable bonds is 8. The number of nitrogens with one attached hydrogen (secondary N) is 3. The monoisotopic (exact) mass is 361 g/mol. The molecule has 0 aliphatic carbocycles. The van der Waals surface area contributed by atoms with E-state index in [1.165, 1.54) is 0 Å². The second-order valence-corrected chi connectivity index (χ2v) is 7.33. The fourth-order valence-electron chi connectivity index (χ4n) is 2.98. The van der Waals surface area contributed by atoms with Crippen LogP contribution in [-0.2, 0) is 4.74 Å². The van der Waals surface area contributed by atoms with Crippen molar-refractivity contribution in [3.05, 3.63) is 29.3 Å². The highest BCUT2D eigenvalue weighted by Gasteiger charge is 2.15. The van der Waals surface area contributed by atoms with Crippen LogP contribution in [0.5, 0.6) is 0 Å². The van der Waals surface area contributed by atoms with Gasteiger partial charge >= 0.3 is 6.03 Å². The average molecular weight is 361 g/mol. The lowest BCUT2D eigenvalue weighted by molar-refractivity contribution is 0.0948. The van der Waals surface area contributed by atoms with Gasteiger partial charge in [0, 0.05) is 37.6 Å². The van der Waals surface area contributed by atoms with Crippen molar-refractivity contribution in [2.45, 2.75) is 40.0 Å². The molecule has 0 saturated carbocycles. The number of amides is 3. The Balaban J connectivity index is 1.81. The van der Waals surface area contributed by atoms with Crippen molar-refractivity contribution >= 4 is 17.6 Å². The first-order valence-corrected chi connectivity index (χ1v) is 9.47. The van der Waals surface area contributed by atoms with Crippen molar-refractivity contribution < 1.29 is 14.3 Å². The average Bonchev–Trinajstić information content (AvgIpc) is 3.12. The number of urea groups is 1. The Bertz CT molecular complexity index is 610. The molecular formula is C20H31N3O3. The van der Waals surface area contributed by atoms with Gasteiger partial charge in [0.25, 0.3) is 5.91 Å². The lowest BCUT2D eigenvalue weighted by Gasteiger charge is -2.14. The highest BCUT2D eigenvalue weighted by atomic mass is 16.5. The van der Waals surface area contributed by atoms with Crippen LogP contribution < -0.4 is 16.0 Å². The number of anilines is 1. The van der Waals surface area contributed by atoms with Gasteiger partial charge in [-0.15, -0.1) is 0 Å². The van der Waals surface area contributed by atoms with E-state index in [4.69, 9.17) is 4.74 Å². The number of carbonyl (C=O) groups is 2. The molecule has 1 aliphatic rings. The number of ether oxygens (including phenoxy) is 1. The molecule has 1 aromatic carbocycles. The molecule has 1 fully saturated rings. The summed E-state index contributed by atoms with van der Waals surface area (Å²) in [6, 6.07) is 5.13. The maximum Gasteiger partial charge on any atom is 0.319 e. The molecule has 1 saturated heterocycles. The quantitative estimate of drug-likeness (QED) is 0.622. The van der Waals surface area contributed by atoms with Crippen LogP contribution in [-0.4, -0.2) is 38.2 Å². The summed E-state index contributed by atoms with van der Waals surface area (Å²) in [5, 5.41) is 8.63. The lowest BCUT2D eigenvalue weighted by Crippen LogP contribution is -2.31. The van der Waals surface area contributed by atoms with Crippen LogP contribution in [0.1, 0.15) is 49.0 Å². The summed E-state index contributed by atoms with van der Waals surface area (Å²) in [5.41, 5.74) is 2.01. The van der Waals surface area contributed by atoms with Gasteiger partial charge in [-0.25, -0.2) is 4.79 Å². The molecule has 0 aromatic heterocycles. The first-order valence-electron chi connectivity index (χ1n) is 9.47. The third kappa shape index (κ3) is 6.33. The van der Waals surface area contributed by atoms with Crippen LogP contribution in [0.25, 0.3) is 0 Å². The minimum atomic E-state index is -0.240. The fraction of sp³-hybridized carbons (Fsp3) is 0.600. The summed E-state index contributed by atoms with van der Waals surface area (Å²) in [6.45, 7) is 8.92. The van der Waals surface area contributed by atoms with Gasteiger partial charge in [-0.3, -0.25) is 4.79 Å². The van der Waals surface area contributed by atoms with Crippen molar-refractivity contribution in [2.75, 3.05) is 31.6 Å². The molecule has 144 valence electrons. The molecule has 1 heterocycles. The van der Waals surface area contributed by atoms with Gasteiger partial charge < -0.3 is 20.7 Å². The molecule has 0 bridgehead atoms. The van der Waals surface area contributed by atoms with Crippen LogP contribution in [0, 0.1) is 18.8 Å². The van der Waals surface area contributed by atoms with E-state index >= 15 is 0 Å². The highest BCUT2D eigenvalue weighted by molar-refractivity contribution is 5.99. The van der Waals surface area contributed by atoms with Crippen LogP contribution in [0.15, 0.2) is 18.2 Å². The van der Waals surface area contributed by atoms with Crippen molar-refractivity contribution in [1.82, 2.24) is 10.6 Å². The second-order valence-electron chi connectivity index (χ2n) is 7.33. The highest BCUT2D eigenvalue weighted by Crippen LogP contribution is 2.19. The molecule has 0 spiro atoms. The largest absolute Gasteiger partial charge is 0.381 e. The van der Waals surface area contributed by atoms with Gasteiger partial charge in [0.05, 0.1) is 0 Å². The van der Waals surface area contributed by atoms with E-state index in [1.54, 1.807) is 12.1 Å². The zero-order valence-corrected chi connectivity index (χ0v) is 16.1. The van der Waals surface area contributed by atoms with E-state index in [9.17, 15) is 9.59 Å². The third-order valence-corrected chi connectivity index (χ3v) is 4.60. The van der Waals surface area contributed by atoms with Crippen LogP contribution in [0.3, 0.4) is 0 Å². The minimum absolute atomic E-state index is 0.112. The van der Waals surface area contributed by atoms with Gasteiger partial charge in [-0.05, 0) is 55.7 Å². The number of carbonyl (C=O) groups excluding carboxylic acids is 2. The number of hydrogen-bond donors (Lipinski definition) is 3. The Labute approximate surface area is 156 Å². The van der Waals surface area contributed by atoms with Crippen molar-refractivity contribution in [3.8, 4) is 0 Å². The van der Waals surface area contributed by atoms with E-state index in [-0.39, 0.29) is 11.9 Å². The topological polar surface area (TPSA) is 79.5 Å². The summed E-state index contributed by atoms with van der Waals surface area (Å²) in [7, 11) is 0. The lowest BCUT2D eigenvalue weighted by atomic mass is 10.0. The van der Waals surface area contributed by atoms with Gasteiger partial charge in [-0.1, -0.05) is 19.9 Å². The van der Waals surface area contributed by atoms with Crippen LogP contribution in [0.2, 0.25) is 0 Å². The minimum Gasteiger partial charge on any atom is -0.381 e. The smallest absolute Gasteiger partial charge is 0.319 e. The number of hydrogen-bond acceptors (Lipinski definition) is 3.